The minimum Gasteiger partial charge on any atom is -0.390 e. The Labute approximate surface area is 832 Å². The van der Waals surface area contributed by atoms with Gasteiger partial charge in [-0.15, -0.1) is 87.3 Å². The van der Waals surface area contributed by atoms with Crippen molar-refractivity contribution in [3.8, 4) is 197 Å². The molecule has 0 radical (unpaired) electrons. The van der Waals surface area contributed by atoms with E-state index in [1.165, 1.54) is 128 Å². The molecule has 24 atom stereocenters. The van der Waals surface area contributed by atoms with E-state index < -0.39 is 16.8 Å². The minimum absolute atomic E-state index is 0. The van der Waals surface area contributed by atoms with E-state index in [4.69, 9.17) is 35.1 Å². The predicted molar refractivity (Wildman–Crippen MR) is 549 cm³/mol. The van der Waals surface area contributed by atoms with Crippen LogP contribution in [0.25, 0.3) is 0 Å². The monoisotopic (exact) mass is 2060 g/mol. The zero-order chi connectivity index (χ0) is 94.9. The third-order valence-electron chi connectivity index (χ3n) is 32.0. The van der Waals surface area contributed by atoms with Crippen LogP contribution in [0.2, 0.25) is 0 Å². The standard InChI is InChI=1S/2C27H39N3O2.C23H37BrO2.C16H2BI.C15H4BI.C4H3N3.CH4/c2*1-26-10-8-22-21-9-11-27(2,32)13-19(21)6-7-23(22)24(26)5-3-4-20(12-26)25(31)17-30-16-18(14-28)15-29-30;1-22-10-8-18-17-9-11-23(2,26)13-15(17)6-7-19(18)20(22)5-3-4-16(12-22)21(25)14-24;1-3-5-7-9-11-13-15-17(18)16-14-12-10-8-6-4-2;1-3-5-7-9-11-13-15-16(17)14-12-10-8-6-4-2;5-1-4-2-6-7-3-4;/h2*15-16,19-24,32H,3-13,17H2,1-2H3;15-20,26H,3-14H2,1-2H3;1-2H;1H,2H3;2-3H,(H,6,7);1H4/t19-,20+,21+,22-,23-,24+,26-,27-;19-,20-,21+,22-,23-,24+,26-,27-;15-,16?,17+,18-,19-,20+,22-,23-;;;;/m111..../s1. The summed E-state index contributed by atoms with van der Waals surface area (Å²) in [6, 6.07) is 6.10. The first-order chi connectivity index (χ1) is 63.4. The number of nitrogens with one attached hydrogen (secondary N) is 1. The van der Waals surface area contributed by atoms with Gasteiger partial charge >= 0.3 is 9.14 Å². The lowest BCUT2D eigenvalue weighted by atomic mass is 9.48. The summed E-state index contributed by atoms with van der Waals surface area (Å²) in [5, 5.41) is 73.0. The maximum Gasteiger partial charge on any atom is 0.384 e. The Hall–Kier alpha value is -9.54. The van der Waals surface area contributed by atoms with Crippen LogP contribution < -0.4 is 0 Å². The summed E-state index contributed by atoms with van der Waals surface area (Å²) in [5.41, 5.74) is 1.22. The Morgan fingerprint density at radius 3 is 1.01 bits per heavy atom. The number of nitrogens with zero attached hydrogens (tertiary/aromatic N) is 8. The molecule has 0 saturated heterocycles. The van der Waals surface area contributed by atoms with Crippen LogP contribution in [0.4, 0.5) is 0 Å². The highest BCUT2D eigenvalue weighted by molar-refractivity contribution is 14.1. The lowest BCUT2D eigenvalue weighted by molar-refractivity contribution is -0.127. The van der Waals surface area contributed by atoms with Crippen LogP contribution in [0.5, 0.6) is 0 Å². The molecule has 15 nitrogen and oxygen atoms in total. The quantitative estimate of drug-likeness (QED) is 0.0712. The molecule has 12 aliphatic carbocycles. The molecule has 133 heavy (non-hydrogen) atoms. The summed E-state index contributed by atoms with van der Waals surface area (Å²) in [4.78, 5) is 38.8. The zero-order valence-electron chi connectivity index (χ0n) is 78.0. The number of hydrogen-bond donors (Lipinski definition) is 4. The van der Waals surface area contributed by atoms with Crippen LogP contribution in [-0.4, -0.2) is 93.7 Å². The molecule has 3 aromatic rings. The molecular weight excluding hydrogens is 1930 g/mol. The third-order valence-corrected chi connectivity index (χ3v) is 33.8. The van der Waals surface area contributed by atoms with Gasteiger partial charge in [-0.1, -0.05) is 69.3 Å². The van der Waals surface area contributed by atoms with Gasteiger partial charge in [-0.3, -0.25) is 28.8 Å². The van der Waals surface area contributed by atoms with Crippen molar-refractivity contribution in [3.63, 3.8) is 0 Å². The van der Waals surface area contributed by atoms with Gasteiger partial charge in [0.05, 0.1) is 70.5 Å². The predicted octanol–water partition coefficient (Wildman–Crippen LogP) is 18.9. The zero-order valence-corrected chi connectivity index (χ0v) is 83.9. The van der Waals surface area contributed by atoms with Crippen molar-refractivity contribution in [2.45, 2.75) is 298 Å². The second-order valence-electron chi connectivity index (χ2n) is 40.7. The summed E-state index contributed by atoms with van der Waals surface area (Å²) in [6.45, 7) is 15.9. The van der Waals surface area contributed by atoms with E-state index in [0.717, 1.165) is 179 Å². The molecule has 12 fully saturated rings. The Balaban J connectivity index is 0.000000187. The summed E-state index contributed by atoms with van der Waals surface area (Å²) in [7, 11) is 0. The molecule has 3 heterocycles. The molecule has 15 rings (SSSR count). The van der Waals surface area contributed by atoms with Crippen molar-refractivity contribution in [2.24, 2.45) is 123 Å². The van der Waals surface area contributed by atoms with Crippen molar-refractivity contribution < 1.29 is 29.7 Å². The average Bonchev–Trinajstić information content (AvgIpc) is 1.75. The fraction of sp³-hybridized carbons (Fsp3) is 0.602. The van der Waals surface area contributed by atoms with E-state index in [1.807, 2.05) is 19.9 Å². The molecule has 3 aromatic heterocycles. The van der Waals surface area contributed by atoms with E-state index in [9.17, 15) is 29.7 Å². The number of halogens is 3. The van der Waals surface area contributed by atoms with Gasteiger partial charge in [0.2, 0.25) is 0 Å². The van der Waals surface area contributed by atoms with Gasteiger partial charge in [0.15, 0.2) is 11.6 Å². The van der Waals surface area contributed by atoms with Crippen LogP contribution in [0, 0.1) is 335 Å². The fourth-order valence-electron chi connectivity index (χ4n) is 26.4. The van der Waals surface area contributed by atoms with Crippen molar-refractivity contribution in [2.75, 3.05) is 5.33 Å². The molecular formula is C113H128B2BrI2N9O6. The van der Waals surface area contributed by atoms with Crippen molar-refractivity contribution in [1.29, 1.82) is 15.8 Å². The number of H-pyrrole nitrogens is 1. The number of aromatic nitrogens is 6. The molecule has 12 aliphatic rings. The number of hydrogen-bond acceptors (Lipinski definition) is 12. The van der Waals surface area contributed by atoms with E-state index >= 15 is 0 Å². The Morgan fingerprint density at radius 2 is 0.722 bits per heavy atom. The molecule has 0 aliphatic heterocycles. The van der Waals surface area contributed by atoms with Gasteiger partial charge in [-0.25, -0.2) is 0 Å². The Morgan fingerprint density at radius 1 is 0.414 bits per heavy atom. The second kappa shape index (κ2) is 52.0. The van der Waals surface area contributed by atoms with Gasteiger partial charge < -0.3 is 15.3 Å². The molecule has 1 unspecified atom stereocenters. The Bertz CT molecular complexity index is 5480. The molecule has 20 heteroatoms. The van der Waals surface area contributed by atoms with Crippen LogP contribution in [0.1, 0.15) is 284 Å². The first kappa shape index (κ1) is 107. The van der Waals surface area contributed by atoms with E-state index in [-0.39, 0.29) is 39.2 Å². The second-order valence-corrected chi connectivity index (χ2v) is 43.7. The number of carbonyl (C=O) groups is 3. The largest absolute Gasteiger partial charge is 0.390 e. The van der Waals surface area contributed by atoms with E-state index in [1.54, 1.807) is 47.3 Å². The topological polar surface area (TPSA) is 248 Å². The molecule has 688 valence electrons. The number of terminal acetylenes is 3. The normalized spacial score (nSPS) is 32.7. The average molecular weight is 2060 g/mol. The number of Topliss-reactive ketones (excluding diaryl/α,β-unsaturated/α-hetero) is 3. The number of ketones is 3. The van der Waals surface area contributed by atoms with Crippen molar-refractivity contribution in [1.82, 2.24) is 29.8 Å². The fourth-order valence-corrected chi connectivity index (χ4v) is 27.5. The summed E-state index contributed by atoms with van der Waals surface area (Å²) in [5.74, 6) is 81.8. The summed E-state index contributed by atoms with van der Waals surface area (Å²) < 4.78 is 3.00. The third kappa shape index (κ3) is 31.0. The summed E-state index contributed by atoms with van der Waals surface area (Å²) in [6.07, 6.45) is 63.3. The van der Waals surface area contributed by atoms with E-state index in [0.29, 0.717) is 63.8 Å². The highest BCUT2D eigenvalue weighted by Gasteiger charge is 2.58. The van der Waals surface area contributed by atoms with Gasteiger partial charge in [-0.2, -0.15) is 31.1 Å². The van der Waals surface area contributed by atoms with Crippen LogP contribution in [0.3, 0.4) is 0 Å². The lowest BCUT2D eigenvalue weighted by Gasteiger charge is -2.57. The van der Waals surface area contributed by atoms with Gasteiger partial charge in [0.1, 0.15) is 24.0 Å². The molecule has 0 spiro atoms. The number of alkyl halides is 1. The summed E-state index contributed by atoms with van der Waals surface area (Å²) >= 11 is 7.56. The van der Waals surface area contributed by atoms with Gasteiger partial charge in [0.25, 0.3) is 0 Å². The molecule has 0 aromatic carbocycles. The molecule has 12 saturated carbocycles. The Kier molecular flexibility index (Phi) is 41.9. The van der Waals surface area contributed by atoms with Crippen LogP contribution >= 0.6 is 60.7 Å². The SMILES string of the molecule is C.C#CC#CC#CC#CB(I)C#CC#CC#CC.C#CC#CC#CC#CB(I)C#CC#CC#CC#C.C[C@@]1(O)CC[C@H]2[C@H](CC[C@@H]3[C@@H]2CC[C@]2(C)CC(C(=O)CBr)CCC[C@@H]32)C1.C[C@@]1(O)CC[C@H]2[C@H](CC[C@@H]3[C@@H]2CC[C@]2(C)C[C@@H](C(=O)Cn4cc(C#N)cn4)CCC[C@@H]32)C1.C[C@@]1(O)CC[C@H]2[C@H](CC[C@@H]3[C@@H]2CC[C@]2(C)C[C@H](C(=O)Cn4cc(C#N)cn4)CCC[C@@H]32)C1.N#Cc1cn[nH]c1. The smallest absolute Gasteiger partial charge is 0.384 e. The van der Waals surface area contributed by atoms with Crippen LogP contribution in [-0.2, 0) is 27.5 Å². The van der Waals surface area contributed by atoms with Crippen molar-refractivity contribution in [3.05, 3.63) is 53.9 Å². The number of carbonyl (C=O) groups excluding carboxylic acids is 3. The highest BCUT2D eigenvalue weighted by Crippen LogP contribution is 2.66. The van der Waals surface area contributed by atoms with Crippen LogP contribution in [0.15, 0.2) is 37.2 Å². The maximum atomic E-state index is 13.2. The molecule has 0 amide bonds. The number of nitriles is 3. The number of fused-ring (bicyclic) bond motifs is 15. The molecule has 0 bridgehead atoms. The number of aromatic amines is 1. The van der Waals surface area contributed by atoms with E-state index in [2.05, 4.69) is 280 Å². The first-order valence-electron chi connectivity index (χ1n) is 47.6. The maximum absolute atomic E-state index is 13.2. The van der Waals surface area contributed by atoms with Gasteiger partial charge in [0, 0.05) is 36.3 Å². The minimum atomic E-state index is -0.449. The van der Waals surface area contributed by atoms with Gasteiger partial charge in [-0.05, 0) is 456 Å². The lowest BCUT2D eigenvalue weighted by Crippen LogP contribution is -2.50. The number of rotatable bonds is 8. The van der Waals surface area contributed by atoms with Crippen molar-refractivity contribution >= 4 is 87.2 Å². The first-order valence-corrected chi connectivity index (χ1v) is 51.2. The molecule has 4 N–H and O–H groups in total. The highest BCUT2D eigenvalue weighted by atomic mass is 127. The number of aliphatic hydroxyl groups is 3.